The smallest absolute Gasteiger partial charge is 0.137 e. The molecule has 3 heterocycles. The number of hydrogen-bond acceptors (Lipinski definition) is 6. The quantitative estimate of drug-likeness (QED) is 0.494. The first-order valence-electron chi connectivity index (χ1n) is 9.13. The summed E-state index contributed by atoms with van der Waals surface area (Å²) in [5.41, 5.74) is 4.29. The van der Waals surface area contributed by atoms with E-state index in [1.54, 1.807) is 23.4 Å². The molecule has 140 valence electrons. The summed E-state index contributed by atoms with van der Waals surface area (Å²) < 4.78 is 1.79. The highest BCUT2D eigenvalue weighted by Crippen LogP contribution is 2.28. The minimum atomic E-state index is 0.700. The van der Waals surface area contributed by atoms with Crippen molar-refractivity contribution in [3.05, 3.63) is 85.3 Å². The van der Waals surface area contributed by atoms with Gasteiger partial charge in [0.05, 0.1) is 18.4 Å². The maximum atomic E-state index is 4.65. The van der Waals surface area contributed by atoms with Crippen LogP contribution in [-0.4, -0.2) is 31.3 Å². The first kappa shape index (κ1) is 17.7. The summed E-state index contributed by atoms with van der Waals surface area (Å²) in [6, 6.07) is 16.4. The molecule has 3 aromatic heterocycles. The van der Waals surface area contributed by atoms with Crippen LogP contribution in [0.25, 0.3) is 11.1 Å². The zero-order chi connectivity index (χ0) is 19.0. The topological polar surface area (TPSA) is 80.5 Å². The molecule has 0 fully saturated rings. The monoisotopic (exact) mass is 371 g/mol. The number of rotatable bonds is 8. The van der Waals surface area contributed by atoms with E-state index in [0.717, 1.165) is 29.2 Å². The van der Waals surface area contributed by atoms with E-state index in [1.165, 1.54) is 11.9 Å². The lowest BCUT2D eigenvalue weighted by Gasteiger charge is -2.14. The zero-order valence-corrected chi connectivity index (χ0v) is 15.4. The van der Waals surface area contributed by atoms with E-state index in [0.29, 0.717) is 13.1 Å². The molecule has 0 aliphatic carbocycles. The van der Waals surface area contributed by atoms with Crippen molar-refractivity contribution in [1.82, 2.24) is 24.7 Å². The summed E-state index contributed by atoms with van der Waals surface area (Å²) >= 11 is 0. The van der Waals surface area contributed by atoms with Crippen molar-refractivity contribution >= 4 is 11.5 Å². The first-order chi connectivity index (χ1) is 13.9. The molecular formula is C21H21N7. The number of aromatic nitrogens is 5. The fourth-order valence-corrected chi connectivity index (χ4v) is 2.89. The SMILES string of the molecule is c1ccc(CNc2cnc(NCCn3cncn3)c(-c3ccncc3)c2)cc1. The normalized spacial score (nSPS) is 10.6. The van der Waals surface area contributed by atoms with E-state index in [-0.39, 0.29) is 0 Å². The van der Waals surface area contributed by atoms with Gasteiger partial charge >= 0.3 is 0 Å². The lowest BCUT2D eigenvalue weighted by molar-refractivity contribution is 0.635. The summed E-state index contributed by atoms with van der Waals surface area (Å²) in [5, 5.41) is 11.0. The molecule has 0 spiro atoms. The van der Waals surface area contributed by atoms with E-state index < -0.39 is 0 Å². The molecule has 0 radical (unpaired) electrons. The Hall–Kier alpha value is -3.74. The van der Waals surface area contributed by atoms with Crippen LogP contribution in [0.5, 0.6) is 0 Å². The number of anilines is 2. The second kappa shape index (κ2) is 8.77. The van der Waals surface area contributed by atoms with Crippen LogP contribution in [0.2, 0.25) is 0 Å². The van der Waals surface area contributed by atoms with Gasteiger partial charge in [-0.3, -0.25) is 9.67 Å². The van der Waals surface area contributed by atoms with E-state index in [1.807, 2.05) is 36.5 Å². The van der Waals surface area contributed by atoms with Gasteiger partial charge in [-0.15, -0.1) is 0 Å². The Bertz CT molecular complexity index is 986. The Balaban J connectivity index is 1.51. The van der Waals surface area contributed by atoms with Gasteiger partial charge in [0, 0.05) is 31.0 Å². The third-order valence-electron chi connectivity index (χ3n) is 4.32. The van der Waals surface area contributed by atoms with Gasteiger partial charge in [0.15, 0.2) is 0 Å². The van der Waals surface area contributed by atoms with E-state index in [2.05, 4.69) is 48.9 Å². The molecule has 0 amide bonds. The minimum Gasteiger partial charge on any atom is -0.380 e. The van der Waals surface area contributed by atoms with Gasteiger partial charge in [0.1, 0.15) is 18.5 Å². The lowest BCUT2D eigenvalue weighted by Crippen LogP contribution is -2.12. The van der Waals surface area contributed by atoms with Crippen LogP contribution >= 0.6 is 0 Å². The third-order valence-corrected chi connectivity index (χ3v) is 4.32. The molecule has 1 aromatic carbocycles. The van der Waals surface area contributed by atoms with E-state index in [9.17, 15) is 0 Å². The summed E-state index contributed by atoms with van der Waals surface area (Å²) in [4.78, 5) is 12.7. The van der Waals surface area contributed by atoms with Gasteiger partial charge in [-0.1, -0.05) is 30.3 Å². The Morgan fingerprint density at radius 2 is 1.79 bits per heavy atom. The number of nitrogens with one attached hydrogen (secondary N) is 2. The molecule has 0 atom stereocenters. The first-order valence-corrected chi connectivity index (χ1v) is 9.13. The largest absolute Gasteiger partial charge is 0.380 e. The molecule has 28 heavy (non-hydrogen) atoms. The highest BCUT2D eigenvalue weighted by molar-refractivity contribution is 5.77. The number of pyridine rings is 2. The van der Waals surface area contributed by atoms with Crippen LogP contribution in [0.3, 0.4) is 0 Å². The van der Waals surface area contributed by atoms with Gasteiger partial charge in [0.2, 0.25) is 0 Å². The van der Waals surface area contributed by atoms with Crippen LogP contribution in [0.4, 0.5) is 11.5 Å². The Morgan fingerprint density at radius 3 is 2.57 bits per heavy atom. The Kier molecular flexibility index (Phi) is 5.53. The van der Waals surface area contributed by atoms with E-state index in [4.69, 9.17) is 0 Å². The fourth-order valence-electron chi connectivity index (χ4n) is 2.89. The average molecular weight is 371 g/mol. The summed E-state index contributed by atoms with van der Waals surface area (Å²) in [5.74, 6) is 0.830. The van der Waals surface area contributed by atoms with Crippen molar-refractivity contribution < 1.29 is 0 Å². The average Bonchev–Trinajstić information content (AvgIpc) is 3.28. The van der Waals surface area contributed by atoms with Gasteiger partial charge in [0.25, 0.3) is 0 Å². The number of benzene rings is 1. The van der Waals surface area contributed by atoms with Crippen molar-refractivity contribution in [2.24, 2.45) is 0 Å². The van der Waals surface area contributed by atoms with Gasteiger partial charge < -0.3 is 10.6 Å². The molecule has 7 heteroatoms. The molecule has 4 rings (SSSR count). The molecule has 0 saturated heterocycles. The predicted molar refractivity (Wildman–Crippen MR) is 110 cm³/mol. The van der Waals surface area contributed by atoms with Crippen molar-refractivity contribution in [3.8, 4) is 11.1 Å². The summed E-state index contributed by atoms with van der Waals surface area (Å²) in [7, 11) is 0. The molecule has 0 aliphatic rings. The van der Waals surface area contributed by atoms with Crippen LogP contribution in [0, 0.1) is 0 Å². The fraction of sp³-hybridized carbons (Fsp3) is 0.143. The third kappa shape index (κ3) is 4.50. The van der Waals surface area contributed by atoms with Gasteiger partial charge in [-0.05, 0) is 29.3 Å². The molecule has 2 N–H and O–H groups in total. The second-order valence-electron chi connectivity index (χ2n) is 6.28. The Labute approximate surface area is 163 Å². The maximum absolute atomic E-state index is 4.65. The van der Waals surface area contributed by atoms with Crippen molar-refractivity contribution in [2.45, 2.75) is 13.1 Å². The van der Waals surface area contributed by atoms with Crippen LogP contribution in [0.15, 0.2) is 79.8 Å². The maximum Gasteiger partial charge on any atom is 0.137 e. The highest BCUT2D eigenvalue weighted by Gasteiger charge is 2.08. The molecule has 0 aliphatic heterocycles. The van der Waals surface area contributed by atoms with Crippen LogP contribution in [0.1, 0.15) is 5.56 Å². The molecule has 0 saturated carbocycles. The number of nitrogens with zero attached hydrogens (tertiary/aromatic N) is 5. The zero-order valence-electron chi connectivity index (χ0n) is 15.4. The second-order valence-corrected chi connectivity index (χ2v) is 6.28. The van der Waals surface area contributed by atoms with Crippen molar-refractivity contribution in [3.63, 3.8) is 0 Å². The van der Waals surface area contributed by atoms with Crippen molar-refractivity contribution in [2.75, 3.05) is 17.2 Å². The molecule has 4 aromatic rings. The Morgan fingerprint density at radius 1 is 0.929 bits per heavy atom. The standard InChI is InChI=1S/C21H21N7/c1-2-4-17(5-3-1)13-25-19-12-20(18-6-8-22-9-7-18)21(26-14-19)24-10-11-28-16-23-15-27-28/h1-9,12,14-16,25H,10-11,13H2,(H,24,26). The van der Waals surface area contributed by atoms with Gasteiger partial charge in [-0.2, -0.15) is 5.10 Å². The van der Waals surface area contributed by atoms with Crippen molar-refractivity contribution in [1.29, 1.82) is 0 Å². The lowest BCUT2D eigenvalue weighted by atomic mass is 10.1. The summed E-state index contributed by atoms with van der Waals surface area (Å²) in [6.07, 6.45) is 8.67. The minimum absolute atomic E-state index is 0.700. The number of hydrogen-bond donors (Lipinski definition) is 2. The van der Waals surface area contributed by atoms with E-state index >= 15 is 0 Å². The predicted octanol–water partition coefficient (Wildman–Crippen LogP) is 3.46. The van der Waals surface area contributed by atoms with Gasteiger partial charge in [-0.25, -0.2) is 9.97 Å². The molecule has 0 bridgehead atoms. The molecular weight excluding hydrogens is 350 g/mol. The highest BCUT2D eigenvalue weighted by atomic mass is 15.3. The summed E-state index contributed by atoms with van der Waals surface area (Å²) in [6.45, 7) is 2.16. The van der Waals surface area contributed by atoms with Crippen LogP contribution in [-0.2, 0) is 13.1 Å². The molecule has 0 unspecified atom stereocenters. The molecule has 7 nitrogen and oxygen atoms in total. The van der Waals surface area contributed by atoms with Crippen LogP contribution < -0.4 is 10.6 Å².